The van der Waals surface area contributed by atoms with Crippen LogP contribution in [0.3, 0.4) is 0 Å². The van der Waals surface area contributed by atoms with Gasteiger partial charge in [-0.15, -0.1) is 11.6 Å². The van der Waals surface area contributed by atoms with Gasteiger partial charge in [0.25, 0.3) is 0 Å². The maximum Gasteiger partial charge on any atom is 0.336 e. The van der Waals surface area contributed by atoms with E-state index in [1.165, 1.54) is 13.2 Å². The minimum atomic E-state index is -0.430. The summed E-state index contributed by atoms with van der Waals surface area (Å²) >= 11 is 5.79. The lowest BCUT2D eigenvalue weighted by atomic mass is 10.1. The Morgan fingerprint density at radius 3 is 2.41 bits per heavy atom. The van der Waals surface area contributed by atoms with Gasteiger partial charge in [-0.2, -0.15) is 0 Å². The standard InChI is InChI=1S/C12H11ClO4/c1-15-10-4-8-7(6-13)3-12(14)17-9(8)5-11(10)16-2/h3-5H,6H2,1-2H3. The number of benzene rings is 1. The van der Waals surface area contributed by atoms with Crippen LogP contribution in [0.4, 0.5) is 0 Å². The fraction of sp³-hybridized carbons (Fsp3) is 0.250. The molecule has 2 aromatic rings. The molecule has 0 saturated carbocycles. The molecule has 0 spiro atoms. The number of alkyl halides is 1. The van der Waals surface area contributed by atoms with Gasteiger partial charge in [0.2, 0.25) is 0 Å². The number of ether oxygens (including phenoxy) is 2. The lowest BCUT2D eigenvalue weighted by Gasteiger charge is -2.09. The van der Waals surface area contributed by atoms with Crippen molar-refractivity contribution < 1.29 is 13.9 Å². The van der Waals surface area contributed by atoms with E-state index in [1.54, 1.807) is 19.2 Å². The van der Waals surface area contributed by atoms with Crippen LogP contribution in [0.2, 0.25) is 0 Å². The molecule has 90 valence electrons. The summed E-state index contributed by atoms with van der Waals surface area (Å²) in [6.45, 7) is 0. The van der Waals surface area contributed by atoms with Gasteiger partial charge in [0.1, 0.15) is 5.58 Å². The Kier molecular flexibility index (Phi) is 3.24. The Morgan fingerprint density at radius 2 is 1.82 bits per heavy atom. The van der Waals surface area contributed by atoms with Crippen LogP contribution in [0.5, 0.6) is 11.5 Å². The summed E-state index contributed by atoms with van der Waals surface area (Å²) in [6, 6.07) is 4.74. The van der Waals surface area contributed by atoms with Crippen molar-refractivity contribution in [2.75, 3.05) is 14.2 Å². The molecule has 0 aliphatic heterocycles. The second-order valence-corrected chi connectivity index (χ2v) is 3.69. The van der Waals surface area contributed by atoms with Crippen molar-refractivity contribution in [2.45, 2.75) is 5.88 Å². The first-order chi connectivity index (χ1) is 8.19. The molecule has 1 heterocycles. The fourth-order valence-electron chi connectivity index (χ4n) is 1.66. The molecular formula is C12H11ClO4. The van der Waals surface area contributed by atoms with E-state index in [1.807, 2.05) is 0 Å². The Hall–Kier alpha value is -1.68. The number of rotatable bonds is 3. The summed E-state index contributed by atoms with van der Waals surface area (Å²) in [5.74, 6) is 1.31. The lowest BCUT2D eigenvalue weighted by Crippen LogP contribution is -2.00. The Bertz CT molecular complexity index is 603. The van der Waals surface area contributed by atoms with Crippen LogP contribution < -0.4 is 15.1 Å². The van der Waals surface area contributed by atoms with Gasteiger partial charge in [0.15, 0.2) is 11.5 Å². The molecule has 4 nitrogen and oxygen atoms in total. The van der Waals surface area contributed by atoms with E-state index in [-0.39, 0.29) is 5.88 Å². The van der Waals surface area contributed by atoms with Crippen LogP contribution in [-0.2, 0) is 5.88 Å². The van der Waals surface area contributed by atoms with Crippen molar-refractivity contribution in [3.8, 4) is 11.5 Å². The SMILES string of the molecule is COc1cc2oc(=O)cc(CCl)c2cc1OC. The van der Waals surface area contributed by atoms with Crippen LogP contribution in [0, 0.1) is 0 Å². The first-order valence-electron chi connectivity index (χ1n) is 4.94. The molecule has 0 radical (unpaired) electrons. The maximum absolute atomic E-state index is 11.3. The van der Waals surface area contributed by atoms with Gasteiger partial charge in [0.05, 0.1) is 14.2 Å². The van der Waals surface area contributed by atoms with Crippen LogP contribution in [0.15, 0.2) is 27.4 Å². The van der Waals surface area contributed by atoms with E-state index in [0.717, 1.165) is 5.39 Å². The molecule has 0 unspecified atom stereocenters. The summed E-state index contributed by atoms with van der Waals surface area (Å²) < 4.78 is 15.4. The summed E-state index contributed by atoms with van der Waals surface area (Å²) in [6.07, 6.45) is 0. The molecule has 0 fully saturated rings. The zero-order chi connectivity index (χ0) is 12.4. The van der Waals surface area contributed by atoms with Crippen LogP contribution in [0.25, 0.3) is 11.0 Å². The number of halogens is 1. The van der Waals surface area contributed by atoms with Crippen LogP contribution in [0.1, 0.15) is 5.56 Å². The quantitative estimate of drug-likeness (QED) is 0.624. The maximum atomic E-state index is 11.3. The fourth-order valence-corrected chi connectivity index (χ4v) is 1.89. The van der Waals surface area contributed by atoms with Gasteiger partial charge in [-0.1, -0.05) is 0 Å². The highest BCUT2D eigenvalue weighted by Gasteiger charge is 2.11. The Balaban J connectivity index is 2.82. The molecular weight excluding hydrogens is 244 g/mol. The lowest BCUT2D eigenvalue weighted by molar-refractivity contribution is 0.355. The summed E-state index contributed by atoms with van der Waals surface area (Å²) in [4.78, 5) is 11.3. The van der Waals surface area contributed by atoms with Crippen LogP contribution in [-0.4, -0.2) is 14.2 Å². The van der Waals surface area contributed by atoms with E-state index >= 15 is 0 Å². The highest BCUT2D eigenvalue weighted by molar-refractivity contribution is 6.18. The van der Waals surface area contributed by atoms with E-state index in [4.69, 9.17) is 25.5 Å². The molecule has 0 saturated heterocycles. The van der Waals surface area contributed by atoms with Gasteiger partial charge in [-0.3, -0.25) is 0 Å². The van der Waals surface area contributed by atoms with Gasteiger partial charge >= 0.3 is 5.63 Å². The van der Waals surface area contributed by atoms with Gasteiger partial charge in [-0.05, 0) is 11.6 Å². The van der Waals surface area contributed by atoms with E-state index < -0.39 is 5.63 Å². The van der Waals surface area contributed by atoms with E-state index in [9.17, 15) is 4.79 Å². The van der Waals surface area contributed by atoms with Gasteiger partial charge in [0, 0.05) is 23.4 Å². The number of hydrogen-bond acceptors (Lipinski definition) is 4. The third-order valence-electron chi connectivity index (χ3n) is 2.48. The molecule has 0 atom stereocenters. The second kappa shape index (κ2) is 4.67. The molecule has 2 rings (SSSR count). The van der Waals surface area contributed by atoms with Crippen molar-refractivity contribution in [1.29, 1.82) is 0 Å². The van der Waals surface area contributed by atoms with Crippen molar-refractivity contribution >= 4 is 22.6 Å². The van der Waals surface area contributed by atoms with Crippen molar-refractivity contribution in [3.63, 3.8) is 0 Å². The predicted octanol–water partition coefficient (Wildman–Crippen LogP) is 2.55. The highest BCUT2D eigenvalue weighted by Crippen LogP contribution is 2.33. The molecule has 0 aliphatic rings. The molecule has 0 amide bonds. The van der Waals surface area contributed by atoms with Gasteiger partial charge in [-0.25, -0.2) is 4.79 Å². The largest absolute Gasteiger partial charge is 0.493 e. The minimum absolute atomic E-state index is 0.234. The molecule has 0 bridgehead atoms. The van der Waals surface area contributed by atoms with Crippen molar-refractivity contribution in [1.82, 2.24) is 0 Å². The Labute approximate surface area is 103 Å². The molecule has 17 heavy (non-hydrogen) atoms. The van der Waals surface area contributed by atoms with E-state index in [2.05, 4.69) is 0 Å². The van der Waals surface area contributed by atoms with E-state index in [0.29, 0.717) is 22.6 Å². The molecule has 0 aliphatic carbocycles. The zero-order valence-electron chi connectivity index (χ0n) is 9.45. The first-order valence-corrected chi connectivity index (χ1v) is 5.47. The Morgan fingerprint density at radius 1 is 1.18 bits per heavy atom. The molecule has 5 heteroatoms. The second-order valence-electron chi connectivity index (χ2n) is 3.43. The molecule has 1 aromatic carbocycles. The third-order valence-corrected chi connectivity index (χ3v) is 2.77. The summed E-state index contributed by atoms with van der Waals surface area (Å²) in [5, 5.41) is 0.747. The summed E-state index contributed by atoms with van der Waals surface area (Å²) in [5.41, 5.74) is 0.713. The monoisotopic (exact) mass is 254 g/mol. The normalized spacial score (nSPS) is 10.5. The average molecular weight is 255 g/mol. The average Bonchev–Trinajstić information content (AvgIpc) is 2.35. The highest BCUT2D eigenvalue weighted by atomic mass is 35.5. The number of hydrogen-bond donors (Lipinski definition) is 0. The third kappa shape index (κ3) is 2.08. The zero-order valence-corrected chi connectivity index (χ0v) is 10.2. The molecule has 1 aromatic heterocycles. The van der Waals surface area contributed by atoms with Crippen molar-refractivity contribution in [3.05, 3.63) is 34.2 Å². The summed E-state index contributed by atoms with van der Waals surface area (Å²) in [7, 11) is 3.07. The number of fused-ring (bicyclic) bond motifs is 1. The predicted molar refractivity (Wildman–Crippen MR) is 65.1 cm³/mol. The smallest absolute Gasteiger partial charge is 0.336 e. The topological polar surface area (TPSA) is 48.7 Å². The minimum Gasteiger partial charge on any atom is -0.493 e. The van der Waals surface area contributed by atoms with Crippen molar-refractivity contribution in [2.24, 2.45) is 0 Å². The number of methoxy groups -OCH3 is 2. The first kappa shape index (κ1) is 11.8. The molecule has 0 N–H and O–H groups in total. The van der Waals surface area contributed by atoms with Gasteiger partial charge < -0.3 is 13.9 Å². The van der Waals surface area contributed by atoms with Crippen LogP contribution >= 0.6 is 11.6 Å².